The van der Waals surface area contributed by atoms with Crippen LogP contribution in [0.4, 0.5) is 0 Å². The molecule has 0 fully saturated rings. The van der Waals surface area contributed by atoms with Crippen LogP contribution < -0.4 is 10.1 Å². The molecule has 0 bridgehead atoms. The van der Waals surface area contributed by atoms with Crippen LogP contribution >= 0.6 is 11.6 Å². The molecule has 0 aliphatic heterocycles. The number of rotatable bonds is 10. The molecule has 162 valence electrons. The highest BCUT2D eigenvalue weighted by molar-refractivity contribution is 6.31. The monoisotopic (exact) mass is 430 g/mol. The molecule has 30 heavy (non-hydrogen) atoms. The topological polar surface area (TPSA) is 58.6 Å². The highest BCUT2D eigenvalue weighted by Crippen LogP contribution is 2.20. The van der Waals surface area contributed by atoms with Gasteiger partial charge in [0.1, 0.15) is 11.8 Å². The summed E-state index contributed by atoms with van der Waals surface area (Å²) >= 11 is 6.29. The van der Waals surface area contributed by atoms with Gasteiger partial charge in [-0.2, -0.15) is 0 Å². The fourth-order valence-corrected chi connectivity index (χ4v) is 3.18. The second-order valence-electron chi connectivity index (χ2n) is 7.72. The van der Waals surface area contributed by atoms with Crippen LogP contribution in [-0.4, -0.2) is 35.4 Å². The first-order chi connectivity index (χ1) is 14.3. The van der Waals surface area contributed by atoms with Crippen LogP contribution in [-0.2, 0) is 16.1 Å². The van der Waals surface area contributed by atoms with E-state index >= 15 is 0 Å². The van der Waals surface area contributed by atoms with Gasteiger partial charge in [-0.15, -0.1) is 0 Å². The maximum Gasteiger partial charge on any atom is 0.242 e. The van der Waals surface area contributed by atoms with Crippen LogP contribution in [0.3, 0.4) is 0 Å². The molecule has 0 heterocycles. The first-order valence-corrected chi connectivity index (χ1v) is 10.7. The molecular formula is C24H31ClN2O3. The lowest BCUT2D eigenvalue weighted by Crippen LogP contribution is -2.49. The summed E-state index contributed by atoms with van der Waals surface area (Å²) in [5.74, 6) is 0.501. The van der Waals surface area contributed by atoms with Crippen molar-refractivity contribution in [3.05, 3.63) is 64.7 Å². The summed E-state index contributed by atoms with van der Waals surface area (Å²) in [6, 6.07) is 14.6. The molecule has 1 atom stereocenters. The van der Waals surface area contributed by atoms with Crippen LogP contribution in [0.1, 0.15) is 44.7 Å². The second kappa shape index (κ2) is 11.6. The van der Waals surface area contributed by atoms with E-state index in [1.807, 2.05) is 63.2 Å². The Hall–Kier alpha value is -2.53. The Morgan fingerprint density at radius 1 is 1.07 bits per heavy atom. The van der Waals surface area contributed by atoms with Gasteiger partial charge in [0.15, 0.2) is 0 Å². The lowest BCUT2D eigenvalue weighted by atomic mass is 10.1. The molecule has 2 rings (SSSR count). The lowest BCUT2D eigenvalue weighted by Gasteiger charge is -2.29. The molecule has 0 radical (unpaired) electrons. The first kappa shape index (κ1) is 23.7. The minimum atomic E-state index is -0.603. The van der Waals surface area contributed by atoms with E-state index in [0.29, 0.717) is 18.1 Å². The van der Waals surface area contributed by atoms with Gasteiger partial charge in [-0.05, 0) is 57.9 Å². The number of nitrogens with one attached hydrogen (secondary N) is 1. The van der Waals surface area contributed by atoms with Gasteiger partial charge in [0, 0.05) is 24.0 Å². The Morgan fingerprint density at radius 3 is 2.37 bits per heavy atom. The van der Waals surface area contributed by atoms with E-state index < -0.39 is 6.04 Å². The standard InChI is InChI=1S/C24H31ClN2O3/c1-17(2)26-24(29)19(4)27(16-20-8-5-6-9-22(20)25)23(28)10-7-15-30-21-13-11-18(3)12-14-21/h5-6,8-9,11-14,17,19H,7,10,15-16H2,1-4H3,(H,26,29)/t19-/m0/s1. The average molecular weight is 431 g/mol. The Labute approximate surface area is 184 Å². The molecule has 0 saturated carbocycles. The van der Waals surface area contributed by atoms with E-state index in [0.717, 1.165) is 11.3 Å². The molecule has 0 aliphatic carbocycles. The van der Waals surface area contributed by atoms with Crippen molar-refractivity contribution in [2.45, 2.75) is 59.2 Å². The minimum Gasteiger partial charge on any atom is -0.494 e. The Balaban J connectivity index is 2.00. The van der Waals surface area contributed by atoms with E-state index in [1.54, 1.807) is 17.9 Å². The average Bonchev–Trinajstić information content (AvgIpc) is 2.70. The SMILES string of the molecule is Cc1ccc(OCCCC(=O)N(Cc2ccccc2Cl)[C@@H](C)C(=O)NC(C)C)cc1. The van der Waals surface area contributed by atoms with Crippen LogP contribution in [0, 0.1) is 6.92 Å². The molecule has 0 aliphatic rings. The number of aryl methyl sites for hydroxylation is 1. The number of carbonyl (C=O) groups excluding carboxylic acids is 2. The molecule has 0 aromatic heterocycles. The van der Waals surface area contributed by atoms with Gasteiger partial charge in [-0.1, -0.05) is 47.5 Å². The summed E-state index contributed by atoms with van der Waals surface area (Å²) in [7, 11) is 0. The molecular weight excluding hydrogens is 400 g/mol. The van der Waals surface area contributed by atoms with Crippen molar-refractivity contribution in [2.75, 3.05) is 6.61 Å². The van der Waals surface area contributed by atoms with E-state index in [9.17, 15) is 9.59 Å². The number of halogens is 1. The number of nitrogens with zero attached hydrogens (tertiary/aromatic N) is 1. The third kappa shape index (κ3) is 7.38. The van der Waals surface area contributed by atoms with Gasteiger partial charge >= 0.3 is 0 Å². The van der Waals surface area contributed by atoms with Gasteiger partial charge in [-0.3, -0.25) is 9.59 Å². The normalized spacial score (nSPS) is 11.8. The van der Waals surface area contributed by atoms with Gasteiger partial charge < -0.3 is 15.0 Å². The van der Waals surface area contributed by atoms with Crippen molar-refractivity contribution in [1.29, 1.82) is 0 Å². The zero-order chi connectivity index (χ0) is 22.1. The number of benzene rings is 2. The van der Waals surface area contributed by atoms with Gasteiger partial charge in [0.05, 0.1) is 6.61 Å². The van der Waals surface area contributed by atoms with Crippen molar-refractivity contribution >= 4 is 23.4 Å². The summed E-state index contributed by atoms with van der Waals surface area (Å²) in [5.41, 5.74) is 1.98. The highest BCUT2D eigenvalue weighted by Gasteiger charge is 2.26. The predicted octanol–water partition coefficient (Wildman–Crippen LogP) is 4.75. The van der Waals surface area contributed by atoms with E-state index in [-0.39, 0.29) is 30.8 Å². The molecule has 6 heteroatoms. The molecule has 5 nitrogen and oxygen atoms in total. The predicted molar refractivity (Wildman–Crippen MR) is 121 cm³/mol. The first-order valence-electron chi connectivity index (χ1n) is 10.3. The number of amides is 2. The highest BCUT2D eigenvalue weighted by atomic mass is 35.5. The number of ether oxygens (including phenoxy) is 1. The van der Waals surface area contributed by atoms with Gasteiger partial charge in [0.2, 0.25) is 11.8 Å². The Kier molecular flexibility index (Phi) is 9.18. The molecule has 0 spiro atoms. The lowest BCUT2D eigenvalue weighted by molar-refractivity contribution is -0.141. The molecule has 2 aromatic rings. The van der Waals surface area contributed by atoms with Crippen LogP contribution in [0.25, 0.3) is 0 Å². The third-order valence-electron chi connectivity index (χ3n) is 4.72. The van der Waals surface area contributed by atoms with E-state index in [4.69, 9.17) is 16.3 Å². The summed E-state index contributed by atoms with van der Waals surface area (Å²) in [4.78, 5) is 27.1. The molecule has 2 aromatic carbocycles. The summed E-state index contributed by atoms with van der Waals surface area (Å²) in [5, 5.41) is 3.46. The minimum absolute atomic E-state index is 0.000115. The van der Waals surface area contributed by atoms with Gasteiger partial charge in [0.25, 0.3) is 0 Å². The number of hydrogen-bond donors (Lipinski definition) is 1. The zero-order valence-corrected chi connectivity index (χ0v) is 18.9. The fourth-order valence-electron chi connectivity index (χ4n) is 2.99. The third-order valence-corrected chi connectivity index (χ3v) is 5.09. The number of carbonyl (C=O) groups is 2. The largest absolute Gasteiger partial charge is 0.494 e. The fraction of sp³-hybridized carbons (Fsp3) is 0.417. The van der Waals surface area contributed by atoms with Crippen molar-refractivity contribution < 1.29 is 14.3 Å². The maximum atomic E-state index is 13.0. The molecule has 0 saturated heterocycles. The van der Waals surface area contributed by atoms with Crippen LogP contribution in [0.5, 0.6) is 5.75 Å². The Morgan fingerprint density at radius 2 is 1.73 bits per heavy atom. The van der Waals surface area contributed by atoms with Gasteiger partial charge in [-0.25, -0.2) is 0 Å². The smallest absolute Gasteiger partial charge is 0.242 e. The summed E-state index contributed by atoms with van der Waals surface area (Å²) in [6.45, 7) is 8.27. The Bertz CT molecular complexity index is 837. The van der Waals surface area contributed by atoms with Crippen LogP contribution in [0.2, 0.25) is 5.02 Å². The second-order valence-corrected chi connectivity index (χ2v) is 8.12. The van der Waals surface area contributed by atoms with Crippen molar-refractivity contribution in [3.8, 4) is 5.75 Å². The molecule has 1 N–H and O–H groups in total. The van der Waals surface area contributed by atoms with E-state index in [1.165, 1.54) is 5.56 Å². The molecule has 2 amide bonds. The quantitative estimate of drug-likeness (QED) is 0.553. The van der Waals surface area contributed by atoms with E-state index in [2.05, 4.69) is 5.32 Å². The maximum absolute atomic E-state index is 13.0. The zero-order valence-electron chi connectivity index (χ0n) is 18.2. The number of hydrogen-bond acceptors (Lipinski definition) is 3. The van der Waals surface area contributed by atoms with Crippen molar-refractivity contribution in [2.24, 2.45) is 0 Å². The summed E-state index contributed by atoms with van der Waals surface area (Å²) < 4.78 is 5.72. The van der Waals surface area contributed by atoms with Crippen molar-refractivity contribution in [1.82, 2.24) is 10.2 Å². The summed E-state index contributed by atoms with van der Waals surface area (Å²) in [6.07, 6.45) is 0.847. The van der Waals surface area contributed by atoms with Crippen LogP contribution in [0.15, 0.2) is 48.5 Å². The van der Waals surface area contributed by atoms with Crippen molar-refractivity contribution in [3.63, 3.8) is 0 Å². The molecule has 0 unspecified atom stereocenters.